The number of aliphatic hydroxyl groups is 1. The minimum absolute atomic E-state index is 0.442. The third-order valence-corrected chi connectivity index (χ3v) is 3.06. The van der Waals surface area contributed by atoms with Gasteiger partial charge in [-0.2, -0.15) is 0 Å². The zero-order chi connectivity index (χ0) is 13.7. The van der Waals surface area contributed by atoms with Crippen molar-refractivity contribution >= 4 is 0 Å². The summed E-state index contributed by atoms with van der Waals surface area (Å²) in [5.41, 5.74) is 2.23. The second-order valence-electron chi connectivity index (χ2n) is 4.74. The van der Waals surface area contributed by atoms with Gasteiger partial charge in [-0.05, 0) is 48.7 Å². The van der Waals surface area contributed by atoms with E-state index >= 15 is 0 Å². The summed E-state index contributed by atoms with van der Waals surface area (Å²) in [5.74, 6) is 1.62. The van der Waals surface area contributed by atoms with E-state index in [0.717, 1.165) is 29.9 Å². The van der Waals surface area contributed by atoms with Crippen LogP contribution in [-0.2, 0) is 6.42 Å². The third-order valence-electron chi connectivity index (χ3n) is 3.06. The van der Waals surface area contributed by atoms with Crippen LogP contribution in [0.1, 0.15) is 37.5 Å². The zero-order valence-corrected chi connectivity index (χ0v) is 11.5. The van der Waals surface area contributed by atoms with Crippen LogP contribution >= 0.6 is 0 Å². The smallest absolute Gasteiger partial charge is 0.127 e. The van der Waals surface area contributed by atoms with E-state index in [4.69, 9.17) is 4.74 Å². The SMILES string of the molecule is CCCc1ccc(Oc2ccc([C@@H](C)O)cc2)cc1. The van der Waals surface area contributed by atoms with Gasteiger partial charge in [0, 0.05) is 0 Å². The molecule has 0 saturated heterocycles. The van der Waals surface area contributed by atoms with Gasteiger partial charge in [0.2, 0.25) is 0 Å². The molecule has 0 bridgehead atoms. The van der Waals surface area contributed by atoms with Crippen molar-refractivity contribution in [3.05, 3.63) is 59.7 Å². The van der Waals surface area contributed by atoms with E-state index < -0.39 is 6.10 Å². The number of aliphatic hydroxyl groups excluding tert-OH is 1. The molecule has 0 unspecified atom stereocenters. The lowest BCUT2D eigenvalue weighted by Crippen LogP contribution is -1.91. The number of rotatable bonds is 5. The van der Waals surface area contributed by atoms with E-state index in [-0.39, 0.29) is 0 Å². The minimum Gasteiger partial charge on any atom is -0.457 e. The Kier molecular flexibility index (Phi) is 4.58. The lowest BCUT2D eigenvalue weighted by atomic mass is 10.1. The Hall–Kier alpha value is -1.80. The molecule has 0 heterocycles. The summed E-state index contributed by atoms with van der Waals surface area (Å²) in [6.07, 6.45) is 1.81. The molecule has 1 N–H and O–H groups in total. The summed E-state index contributed by atoms with van der Waals surface area (Å²) in [5, 5.41) is 9.44. The van der Waals surface area contributed by atoms with Gasteiger partial charge >= 0.3 is 0 Å². The molecule has 0 aliphatic carbocycles. The van der Waals surface area contributed by atoms with Gasteiger partial charge in [-0.1, -0.05) is 37.6 Å². The molecule has 100 valence electrons. The Bertz CT molecular complexity index is 498. The zero-order valence-electron chi connectivity index (χ0n) is 11.5. The minimum atomic E-state index is -0.442. The van der Waals surface area contributed by atoms with Gasteiger partial charge in [0.25, 0.3) is 0 Å². The molecule has 2 aromatic carbocycles. The van der Waals surface area contributed by atoms with Crippen LogP contribution in [0, 0.1) is 0 Å². The van der Waals surface area contributed by atoms with Crippen molar-refractivity contribution in [2.75, 3.05) is 0 Å². The Morgan fingerprint density at radius 1 is 0.947 bits per heavy atom. The molecule has 19 heavy (non-hydrogen) atoms. The molecule has 2 nitrogen and oxygen atoms in total. The van der Waals surface area contributed by atoms with Gasteiger partial charge in [-0.15, -0.1) is 0 Å². The molecule has 0 radical (unpaired) electrons. The number of aryl methyl sites for hydroxylation is 1. The van der Waals surface area contributed by atoms with E-state index in [0.29, 0.717) is 0 Å². The van der Waals surface area contributed by atoms with Crippen LogP contribution in [0.5, 0.6) is 11.5 Å². The highest BCUT2D eigenvalue weighted by Gasteiger charge is 2.02. The maximum absolute atomic E-state index is 9.44. The van der Waals surface area contributed by atoms with Gasteiger partial charge in [-0.3, -0.25) is 0 Å². The molecule has 2 heteroatoms. The number of hydrogen-bond donors (Lipinski definition) is 1. The first-order valence-electron chi connectivity index (χ1n) is 6.74. The molecule has 2 rings (SSSR count). The predicted octanol–water partition coefficient (Wildman–Crippen LogP) is 4.48. The number of ether oxygens (including phenoxy) is 1. The fourth-order valence-electron chi connectivity index (χ4n) is 1.96. The van der Waals surface area contributed by atoms with Crippen LogP contribution in [0.15, 0.2) is 48.5 Å². The quantitative estimate of drug-likeness (QED) is 0.854. The first-order valence-corrected chi connectivity index (χ1v) is 6.74. The van der Waals surface area contributed by atoms with Crippen molar-refractivity contribution in [1.82, 2.24) is 0 Å². The van der Waals surface area contributed by atoms with Crippen LogP contribution in [0.3, 0.4) is 0 Å². The lowest BCUT2D eigenvalue weighted by Gasteiger charge is -2.08. The largest absolute Gasteiger partial charge is 0.457 e. The fourth-order valence-corrected chi connectivity index (χ4v) is 1.96. The van der Waals surface area contributed by atoms with Crippen LogP contribution < -0.4 is 4.74 Å². The van der Waals surface area contributed by atoms with Crippen molar-refractivity contribution in [3.63, 3.8) is 0 Å². The molecule has 0 aliphatic rings. The Balaban J connectivity index is 2.04. The van der Waals surface area contributed by atoms with E-state index in [1.54, 1.807) is 6.92 Å². The first-order chi connectivity index (χ1) is 9.19. The fraction of sp³-hybridized carbons (Fsp3) is 0.294. The topological polar surface area (TPSA) is 29.5 Å². The molecule has 0 saturated carbocycles. The van der Waals surface area contributed by atoms with Crippen LogP contribution in [-0.4, -0.2) is 5.11 Å². The standard InChI is InChI=1S/C17H20O2/c1-3-4-14-5-9-16(10-6-14)19-17-11-7-15(8-12-17)13(2)18/h5-13,18H,3-4H2,1-2H3/t13-/m1/s1. The van der Waals surface area contributed by atoms with Crippen LogP contribution in [0.2, 0.25) is 0 Å². The summed E-state index contributed by atoms with van der Waals surface area (Å²) in [6.45, 7) is 3.93. The second-order valence-corrected chi connectivity index (χ2v) is 4.74. The van der Waals surface area contributed by atoms with Gasteiger partial charge in [-0.25, -0.2) is 0 Å². The van der Waals surface area contributed by atoms with Gasteiger partial charge in [0.1, 0.15) is 11.5 Å². The van der Waals surface area contributed by atoms with E-state index in [1.165, 1.54) is 5.56 Å². The van der Waals surface area contributed by atoms with E-state index in [2.05, 4.69) is 19.1 Å². The molecule has 0 amide bonds. The van der Waals surface area contributed by atoms with E-state index in [9.17, 15) is 5.11 Å². The van der Waals surface area contributed by atoms with Gasteiger partial charge in [0.15, 0.2) is 0 Å². The Morgan fingerprint density at radius 2 is 1.47 bits per heavy atom. The summed E-state index contributed by atoms with van der Waals surface area (Å²) in [4.78, 5) is 0. The summed E-state index contributed by atoms with van der Waals surface area (Å²) in [7, 11) is 0. The van der Waals surface area contributed by atoms with Gasteiger partial charge < -0.3 is 9.84 Å². The Morgan fingerprint density at radius 3 is 1.95 bits per heavy atom. The van der Waals surface area contributed by atoms with E-state index in [1.807, 2.05) is 36.4 Å². The molecule has 0 spiro atoms. The van der Waals surface area contributed by atoms with Crippen LogP contribution in [0.25, 0.3) is 0 Å². The maximum Gasteiger partial charge on any atom is 0.127 e. The molecule has 2 aromatic rings. The second kappa shape index (κ2) is 6.39. The molecule has 0 fully saturated rings. The highest BCUT2D eigenvalue weighted by Crippen LogP contribution is 2.23. The van der Waals surface area contributed by atoms with Crippen molar-refractivity contribution in [2.24, 2.45) is 0 Å². The summed E-state index contributed by atoms with van der Waals surface area (Å²) in [6, 6.07) is 15.7. The summed E-state index contributed by atoms with van der Waals surface area (Å²) < 4.78 is 5.76. The number of benzene rings is 2. The molecule has 0 aliphatic heterocycles. The van der Waals surface area contributed by atoms with Crippen LogP contribution in [0.4, 0.5) is 0 Å². The number of hydrogen-bond acceptors (Lipinski definition) is 2. The van der Waals surface area contributed by atoms with Crippen molar-refractivity contribution in [3.8, 4) is 11.5 Å². The first kappa shape index (κ1) is 13.6. The lowest BCUT2D eigenvalue weighted by molar-refractivity contribution is 0.199. The summed E-state index contributed by atoms with van der Waals surface area (Å²) >= 11 is 0. The third kappa shape index (κ3) is 3.83. The molecule has 0 aromatic heterocycles. The highest BCUT2D eigenvalue weighted by molar-refractivity contribution is 5.35. The average Bonchev–Trinajstić information content (AvgIpc) is 2.42. The predicted molar refractivity (Wildman–Crippen MR) is 77.6 cm³/mol. The Labute approximate surface area is 114 Å². The molecular weight excluding hydrogens is 236 g/mol. The van der Waals surface area contributed by atoms with Crippen molar-refractivity contribution in [1.29, 1.82) is 0 Å². The maximum atomic E-state index is 9.44. The van der Waals surface area contributed by atoms with Crippen molar-refractivity contribution < 1.29 is 9.84 Å². The monoisotopic (exact) mass is 256 g/mol. The molecular formula is C17H20O2. The van der Waals surface area contributed by atoms with Crippen molar-refractivity contribution in [2.45, 2.75) is 32.8 Å². The highest BCUT2D eigenvalue weighted by atomic mass is 16.5. The van der Waals surface area contributed by atoms with Gasteiger partial charge in [0.05, 0.1) is 6.10 Å². The average molecular weight is 256 g/mol. The normalized spacial score (nSPS) is 12.2. The molecule has 1 atom stereocenters.